The summed E-state index contributed by atoms with van der Waals surface area (Å²) in [6.45, 7) is 22.6. The number of rotatable bonds is 23. The topological polar surface area (TPSA) is 27.7 Å². The molecular weight excluding hydrogens is 414 g/mol. The van der Waals surface area contributed by atoms with Crippen LogP contribution in [0.4, 0.5) is 0 Å². The van der Waals surface area contributed by atoms with Gasteiger partial charge in [0.25, 0.3) is 0 Å². The molecule has 0 aromatic carbocycles. The van der Waals surface area contributed by atoms with Crippen LogP contribution in [0.5, 0.6) is 0 Å². The Bertz CT molecular complexity index is 393. The van der Waals surface area contributed by atoms with Crippen LogP contribution in [0, 0.1) is 0 Å². The van der Waals surface area contributed by atoms with Crippen molar-refractivity contribution in [2.75, 3.05) is 32.9 Å². The average Bonchev–Trinajstić information content (AvgIpc) is 2.74. The Kier molecular flexibility index (Phi) is 19.4. The minimum Gasteiger partial charge on any atom is -0.374 e. The quantitative estimate of drug-likeness (QED) is 0.0853. The van der Waals surface area contributed by atoms with Gasteiger partial charge in [0.2, 0.25) is 0 Å². The Balaban J connectivity index is 4.65. The maximum Gasteiger partial charge on any atom is 0.501 e. The van der Waals surface area contributed by atoms with Gasteiger partial charge in [-0.2, -0.15) is 0 Å². The van der Waals surface area contributed by atoms with Crippen LogP contribution in [0.3, 0.4) is 0 Å². The number of hydrogen-bond donors (Lipinski definition) is 0. The summed E-state index contributed by atoms with van der Waals surface area (Å²) in [5.41, 5.74) is 0. The van der Waals surface area contributed by atoms with Crippen molar-refractivity contribution in [1.29, 1.82) is 0 Å². The highest BCUT2D eigenvalue weighted by atomic mass is 28.4. The fraction of sp³-hybridized carbons (Fsp3) is 1.00. The van der Waals surface area contributed by atoms with E-state index in [1.165, 1.54) is 81.8 Å². The van der Waals surface area contributed by atoms with E-state index in [0.29, 0.717) is 31.9 Å². The predicted molar refractivity (Wildman–Crippen MR) is 142 cm³/mol. The minimum absolute atomic E-state index is 0.635. The number of unbranched alkanes of at least 4 members (excludes halogenated alkanes) is 9. The zero-order chi connectivity index (χ0) is 24.3. The first-order valence-electron chi connectivity index (χ1n) is 14.1. The first kappa shape index (κ1) is 32.1. The molecule has 0 N–H and O–H groups in total. The Morgan fingerprint density at radius 3 is 1.28 bits per heavy atom. The molecule has 0 aliphatic rings. The summed E-state index contributed by atoms with van der Waals surface area (Å²) in [6, 6.07) is 2.20. The van der Waals surface area contributed by atoms with Gasteiger partial charge in [-0.15, -0.1) is 0 Å². The van der Waals surface area contributed by atoms with Gasteiger partial charge in [-0.25, -0.2) is 0 Å². The van der Waals surface area contributed by atoms with E-state index in [1.54, 1.807) is 0 Å². The molecule has 0 aliphatic heterocycles. The van der Waals surface area contributed by atoms with Crippen molar-refractivity contribution in [1.82, 2.24) is 0 Å². The molecule has 32 heavy (non-hydrogen) atoms. The molecule has 0 heterocycles. The van der Waals surface area contributed by atoms with Crippen molar-refractivity contribution < 1.29 is 17.8 Å². The molecule has 0 aromatic rings. The third-order valence-electron chi connectivity index (χ3n) is 7.14. The van der Waals surface area contributed by atoms with Crippen LogP contribution in [-0.2, 0) is 13.3 Å². The van der Waals surface area contributed by atoms with E-state index in [-0.39, 0.29) is 0 Å². The molecular formula is C27H60NO3Si+. The third kappa shape index (κ3) is 12.5. The molecule has 5 heteroatoms. The van der Waals surface area contributed by atoms with Gasteiger partial charge in [0.1, 0.15) is 0 Å². The van der Waals surface area contributed by atoms with Gasteiger partial charge in [0, 0.05) is 32.3 Å². The number of quaternary nitrogens is 1. The summed E-state index contributed by atoms with van der Waals surface area (Å²) in [5.74, 6) is 0. The van der Waals surface area contributed by atoms with Gasteiger partial charge >= 0.3 is 8.80 Å². The van der Waals surface area contributed by atoms with Crippen LogP contribution in [0.15, 0.2) is 0 Å². The van der Waals surface area contributed by atoms with Crippen LogP contribution in [0.1, 0.15) is 126 Å². The van der Waals surface area contributed by atoms with Crippen molar-refractivity contribution in [3.05, 3.63) is 0 Å². The SMILES string of the molecule is CCCCCCCCCCCC[N+](CCC[Si](OCC)(OCC)OCC)(C(C)C)C(C)C. The lowest BCUT2D eigenvalue weighted by atomic mass is 10.0. The Morgan fingerprint density at radius 1 is 0.531 bits per heavy atom. The highest BCUT2D eigenvalue weighted by Crippen LogP contribution is 2.26. The monoisotopic (exact) mass is 474 g/mol. The summed E-state index contributed by atoms with van der Waals surface area (Å²) in [6.07, 6.45) is 15.1. The normalized spacial score (nSPS) is 12.9. The van der Waals surface area contributed by atoms with Crippen molar-refractivity contribution in [2.45, 2.75) is 144 Å². The largest absolute Gasteiger partial charge is 0.501 e. The molecule has 0 fully saturated rings. The van der Waals surface area contributed by atoms with Crippen molar-refractivity contribution >= 4 is 8.80 Å². The maximum atomic E-state index is 6.10. The van der Waals surface area contributed by atoms with E-state index in [9.17, 15) is 0 Å². The molecule has 194 valence electrons. The summed E-state index contributed by atoms with van der Waals surface area (Å²) in [5, 5.41) is 0. The lowest BCUT2D eigenvalue weighted by Gasteiger charge is -2.46. The predicted octanol–water partition coefficient (Wildman–Crippen LogP) is 7.98. The highest BCUT2D eigenvalue weighted by molar-refractivity contribution is 6.60. The average molecular weight is 475 g/mol. The molecule has 4 nitrogen and oxygen atoms in total. The van der Waals surface area contributed by atoms with Gasteiger partial charge in [0.05, 0.1) is 25.2 Å². The van der Waals surface area contributed by atoms with Crippen LogP contribution in [0.2, 0.25) is 6.04 Å². The summed E-state index contributed by atoms with van der Waals surface area (Å²) < 4.78 is 19.5. The first-order chi connectivity index (χ1) is 15.3. The van der Waals surface area contributed by atoms with Crippen LogP contribution in [0.25, 0.3) is 0 Å². The van der Waals surface area contributed by atoms with E-state index in [1.807, 2.05) is 20.8 Å². The standard InChI is InChI=1S/C27H60NO3Si/c1-9-13-14-15-16-17-18-19-20-21-23-28(26(5)6,27(7)8)24-22-25-32(29-10-2,30-11-3)31-12-4/h26-27H,9-25H2,1-8H3/q+1. The second-order valence-electron chi connectivity index (χ2n) is 10.0. The van der Waals surface area contributed by atoms with Crippen molar-refractivity contribution in [3.63, 3.8) is 0 Å². The minimum atomic E-state index is -2.54. The molecule has 0 amide bonds. The Labute approximate surface area is 203 Å². The lowest BCUT2D eigenvalue weighted by molar-refractivity contribution is -0.967. The molecule has 0 bridgehead atoms. The van der Waals surface area contributed by atoms with Gasteiger partial charge in [-0.3, -0.25) is 0 Å². The summed E-state index contributed by atoms with van der Waals surface area (Å²) in [4.78, 5) is 0. The van der Waals surface area contributed by atoms with Crippen LogP contribution < -0.4 is 0 Å². The maximum absolute atomic E-state index is 6.10. The number of hydrogen-bond acceptors (Lipinski definition) is 3. The summed E-state index contributed by atoms with van der Waals surface area (Å²) in [7, 11) is -2.54. The Hall–Kier alpha value is 0.0569. The molecule has 0 radical (unpaired) electrons. The molecule has 0 saturated heterocycles. The Morgan fingerprint density at radius 2 is 0.906 bits per heavy atom. The van der Waals surface area contributed by atoms with Crippen LogP contribution >= 0.6 is 0 Å². The van der Waals surface area contributed by atoms with Gasteiger partial charge < -0.3 is 17.8 Å². The number of nitrogens with zero attached hydrogens (tertiary/aromatic N) is 1. The molecule has 0 saturated carbocycles. The zero-order valence-corrected chi connectivity index (χ0v) is 24.3. The van der Waals surface area contributed by atoms with E-state index in [0.717, 1.165) is 12.5 Å². The van der Waals surface area contributed by atoms with Gasteiger partial charge in [0.15, 0.2) is 0 Å². The second kappa shape index (κ2) is 19.4. The molecule has 0 aromatic heterocycles. The molecule has 0 atom stereocenters. The van der Waals surface area contributed by atoms with Crippen molar-refractivity contribution in [2.24, 2.45) is 0 Å². The molecule has 0 rings (SSSR count). The van der Waals surface area contributed by atoms with Gasteiger partial charge in [-0.05, 0) is 61.3 Å². The fourth-order valence-electron chi connectivity index (χ4n) is 5.23. The first-order valence-corrected chi connectivity index (χ1v) is 16.1. The van der Waals surface area contributed by atoms with Gasteiger partial charge in [-0.1, -0.05) is 58.3 Å². The van der Waals surface area contributed by atoms with E-state index < -0.39 is 8.80 Å². The smallest absolute Gasteiger partial charge is 0.374 e. The lowest BCUT2D eigenvalue weighted by Crippen LogP contribution is -2.59. The van der Waals surface area contributed by atoms with E-state index in [4.69, 9.17) is 13.3 Å². The molecule has 0 spiro atoms. The third-order valence-corrected chi connectivity index (χ3v) is 10.3. The highest BCUT2D eigenvalue weighted by Gasteiger charge is 2.42. The van der Waals surface area contributed by atoms with E-state index in [2.05, 4.69) is 34.6 Å². The molecule has 0 aliphatic carbocycles. The van der Waals surface area contributed by atoms with Crippen molar-refractivity contribution in [3.8, 4) is 0 Å². The molecule has 0 unspecified atom stereocenters. The van der Waals surface area contributed by atoms with E-state index >= 15 is 0 Å². The van der Waals surface area contributed by atoms with Crippen LogP contribution in [-0.4, -0.2) is 58.3 Å². The fourth-order valence-corrected chi connectivity index (χ4v) is 7.82. The summed E-state index contributed by atoms with van der Waals surface area (Å²) >= 11 is 0. The zero-order valence-electron chi connectivity index (χ0n) is 23.3. The second-order valence-corrected chi connectivity index (χ2v) is 12.7.